The summed E-state index contributed by atoms with van der Waals surface area (Å²) in [4.78, 5) is 21.1. The average molecular weight is 342 g/mol. The number of rotatable bonds is 1. The first-order valence-electron chi connectivity index (χ1n) is 8.57. The van der Waals surface area contributed by atoms with E-state index in [0.29, 0.717) is 23.8 Å². The second kappa shape index (κ2) is 6.27. The summed E-state index contributed by atoms with van der Waals surface area (Å²) in [7, 11) is 0. The van der Waals surface area contributed by atoms with Gasteiger partial charge in [-0.2, -0.15) is 0 Å². The van der Waals surface area contributed by atoms with E-state index in [1.807, 2.05) is 36.4 Å². The first-order chi connectivity index (χ1) is 12.5. The van der Waals surface area contributed by atoms with Gasteiger partial charge < -0.3 is 4.42 Å². The Morgan fingerprint density at radius 1 is 1.04 bits per heavy atom. The molecule has 1 aromatic carbocycles. The van der Waals surface area contributed by atoms with Gasteiger partial charge in [-0.3, -0.25) is 4.79 Å². The van der Waals surface area contributed by atoms with Gasteiger partial charge in [-0.15, -0.1) is 0 Å². The lowest BCUT2D eigenvalue weighted by atomic mass is 9.75. The summed E-state index contributed by atoms with van der Waals surface area (Å²) in [5, 5.41) is 0. The molecular formula is C22H18N2O2. The highest BCUT2D eigenvalue weighted by molar-refractivity contribution is 5.98. The monoisotopic (exact) mass is 342 g/mol. The van der Waals surface area contributed by atoms with Gasteiger partial charge in [0.15, 0.2) is 11.5 Å². The predicted molar refractivity (Wildman–Crippen MR) is 98.6 cm³/mol. The molecule has 2 heterocycles. The zero-order valence-corrected chi connectivity index (χ0v) is 14.7. The lowest BCUT2D eigenvalue weighted by Crippen LogP contribution is -2.28. The molecule has 2 aromatic heterocycles. The summed E-state index contributed by atoms with van der Waals surface area (Å²) in [5.74, 6) is 7.16. The van der Waals surface area contributed by atoms with Gasteiger partial charge in [0, 0.05) is 17.5 Å². The highest BCUT2D eigenvalue weighted by atomic mass is 16.4. The van der Waals surface area contributed by atoms with Gasteiger partial charge >= 0.3 is 0 Å². The van der Waals surface area contributed by atoms with Crippen molar-refractivity contribution in [3.8, 4) is 23.3 Å². The summed E-state index contributed by atoms with van der Waals surface area (Å²) in [6, 6.07) is 13.3. The Labute approximate surface area is 152 Å². The molecule has 26 heavy (non-hydrogen) atoms. The largest absolute Gasteiger partial charge is 0.428 e. The molecule has 0 radical (unpaired) electrons. The van der Waals surface area contributed by atoms with Crippen LogP contribution in [0, 0.1) is 17.3 Å². The molecule has 4 rings (SSSR count). The van der Waals surface area contributed by atoms with Crippen LogP contribution in [0.5, 0.6) is 0 Å². The Morgan fingerprint density at radius 3 is 2.65 bits per heavy atom. The minimum Gasteiger partial charge on any atom is -0.428 e. The van der Waals surface area contributed by atoms with Gasteiger partial charge in [0.1, 0.15) is 5.69 Å². The van der Waals surface area contributed by atoms with E-state index < -0.39 is 0 Å². The molecule has 1 aliphatic carbocycles. The predicted octanol–water partition coefficient (Wildman–Crippen LogP) is 4.29. The van der Waals surface area contributed by atoms with E-state index in [1.165, 1.54) is 0 Å². The van der Waals surface area contributed by atoms with Gasteiger partial charge in [-0.25, -0.2) is 9.97 Å². The third kappa shape index (κ3) is 3.29. The number of ketones is 1. The van der Waals surface area contributed by atoms with Crippen molar-refractivity contribution in [2.45, 2.75) is 26.7 Å². The van der Waals surface area contributed by atoms with E-state index in [1.54, 1.807) is 12.3 Å². The van der Waals surface area contributed by atoms with Gasteiger partial charge in [-0.05, 0) is 47.9 Å². The van der Waals surface area contributed by atoms with Crippen molar-refractivity contribution < 1.29 is 9.21 Å². The van der Waals surface area contributed by atoms with Crippen molar-refractivity contribution >= 4 is 5.78 Å². The third-order valence-electron chi connectivity index (χ3n) is 4.40. The maximum Gasteiger partial charge on any atom is 0.227 e. The van der Waals surface area contributed by atoms with Crippen LogP contribution < -0.4 is 0 Å². The van der Waals surface area contributed by atoms with Gasteiger partial charge in [0.2, 0.25) is 5.89 Å². The third-order valence-corrected chi connectivity index (χ3v) is 4.40. The van der Waals surface area contributed by atoms with Crippen LogP contribution in [0.3, 0.4) is 0 Å². The number of Topliss-reactive ketones (excluding diaryl/α,β-unsaturated/α-hetero) is 1. The number of aromatic nitrogens is 2. The van der Waals surface area contributed by atoms with Crippen LogP contribution in [-0.4, -0.2) is 15.8 Å². The minimum atomic E-state index is -0.0569. The van der Waals surface area contributed by atoms with Crippen LogP contribution in [-0.2, 0) is 6.42 Å². The van der Waals surface area contributed by atoms with E-state index in [-0.39, 0.29) is 11.2 Å². The Balaban J connectivity index is 1.60. The van der Waals surface area contributed by atoms with E-state index in [4.69, 9.17) is 4.42 Å². The van der Waals surface area contributed by atoms with Crippen LogP contribution in [0.1, 0.15) is 47.8 Å². The van der Waals surface area contributed by atoms with Crippen molar-refractivity contribution in [3.05, 3.63) is 71.4 Å². The fraction of sp³-hybridized carbons (Fsp3) is 0.227. The van der Waals surface area contributed by atoms with E-state index >= 15 is 0 Å². The number of fused-ring (bicyclic) bond motifs is 1. The van der Waals surface area contributed by atoms with Crippen molar-refractivity contribution in [2.75, 3.05) is 0 Å². The lowest BCUT2D eigenvalue weighted by Gasteiger charge is -2.29. The Bertz CT molecular complexity index is 1040. The van der Waals surface area contributed by atoms with Crippen molar-refractivity contribution in [3.63, 3.8) is 0 Å². The highest BCUT2D eigenvalue weighted by Gasteiger charge is 2.31. The number of carbonyl (C=O) groups excluding carboxylic acids is 1. The molecule has 0 spiro atoms. The quantitative estimate of drug-likeness (QED) is 0.619. The summed E-state index contributed by atoms with van der Waals surface area (Å²) in [6.07, 6.45) is 2.96. The zero-order chi connectivity index (χ0) is 18.1. The SMILES string of the molecule is CC1(C)CC(=O)c2ccc(C#Cc3cnc(-c4ccccc4)o3)nc2C1. The number of hydrogen-bond donors (Lipinski definition) is 0. The Morgan fingerprint density at radius 2 is 1.85 bits per heavy atom. The fourth-order valence-electron chi connectivity index (χ4n) is 3.18. The fourth-order valence-corrected chi connectivity index (χ4v) is 3.18. The second-order valence-electron chi connectivity index (χ2n) is 7.28. The van der Waals surface area contributed by atoms with Gasteiger partial charge in [0.25, 0.3) is 0 Å². The second-order valence-corrected chi connectivity index (χ2v) is 7.28. The van der Waals surface area contributed by atoms with Crippen LogP contribution >= 0.6 is 0 Å². The molecular weight excluding hydrogens is 324 g/mol. The highest BCUT2D eigenvalue weighted by Crippen LogP contribution is 2.33. The first-order valence-corrected chi connectivity index (χ1v) is 8.57. The normalized spacial score (nSPS) is 15.1. The van der Waals surface area contributed by atoms with E-state index in [9.17, 15) is 4.79 Å². The van der Waals surface area contributed by atoms with Gasteiger partial charge in [0.05, 0.1) is 11.9 Å². The summed E-state index contributed by atoms with van der Waals surface area (Å²) in [5.41, 5.74) is 3.04. The summed E-state index contributed by atoms with van der Waals surface area (Å²) >= 11 is 0. The first kappa shape index (κ1) is 16.3. The van der Waals surface area contributed by atoms with Crippen LogP contribution in [0.15, 0.2) is 53.1 Å². The van der Waals surface area contributed by atoms with Crippen LogP contribution in [0.4, 0.5) is 0 Å². The molecule has 128 valence electrons. The number of pyridine rings is 1. The molecule has 0 N–H and O–H groups in total. The number of hydrogen-bond acceptors (Lipinski definition) is 4. The molecule has 0 bridgehead atoms. The molecule has 1 aliphatic rings. The van der Waals surface area contributed by atoms with E-state index in [2.05, 4.69) is 35.7 Å². The van der Waals surface area contributed by atoms with Gasteiger partial charge in [-0.1, -0.05) is 32.0 Å². The maximum atomic E-state index is 12.2. The molecule has 4 heteroatoms. The van der Waals surface area contributed by atoms with E-state index in [0.717, 1.165) is 23.2 Å². The van der Waals surface area contributed by atoms with Crippen molar-refractivity contribution in [2.24, 2.45) is 5.41 Å². The van der Waals surface area contributed by atoms with Crippen LogP contribution in [0.25, 0.3) is 11.5 Å². The molecule has 0 saturated heterocycles. The van der Waals surface area contributed by atoms with Crippen LogP contribution in [0.2, 0.25) is 0 Å². The van der Waals surface area contributed by atoms with Crippen molar-refractivity contribution in [1.29, 1.82) is 0 Å². The number of carbonyl (C=O) groups is 1. The molecule has 0 unspecified atom stereocenters. The molecule has 0 aliphatic heterocycles. The molecule has 0 saturated carbocycles. The molecule has 4 nitrogen and oxygen atoms in total. The maximum absolute atomic E-state index is 12.2. The van der Waals surface area contributed by atoms with Crippen molar-refractivity contribution in [1.82, 2.24) is 9.97 Å². The average Bonchev–Trinajstić information content (AvgIpc) is 3.08. The molecule has 0 fully saturated rings. The number of benzene rings is 1. The Kier molecular flexibility index (Phi) is 3.93. The molecule has 0 atom stereocenters. The topological polar surface area (TPSA) is 56.0 Å². The minimum absolute atomic E-state index is 0.0569. The number of nitrogens with zero attached hydrogens (tertiary/aromatic N) is 2. The Hall–Kier alpha value is -3.19. The smallest absolute Gasteiger partial charge is 0.227 e. The summed E-state index contributed by atoms with van der Waals surface area (Å²) in [6.45, 7) is 4.18. The summed E-state index contributed by atoms with van der Waals surface area (Å²) < 4.78 is 5.69. The molecule has 0 amide bonds. The zero-order valence-electron chi connectivity index (χ0n) is 14.7. The lowest BCUT2D eigenvalue weighted by molar-refractivity contribution is 0.0910. The molecule has 3 aromatic rings. The number of oxazole rings is 1. The standard InChI is InChI=1S/C22H18N2O2/c1-22(2)12-19-18(20(25)13-22)11-9-16(24-19)8-10-17-14-23-21(26-17)15-6-4-3-5-7-15/h3-7,9,11,14H,12-13H2,1-2H3.